The van der Waals surface area contributed by atoms with Crippen LogP contribution in [0.5, 0.6) is 0 Å². The van der Waals surface area contributed by atoms with Crippen molar-refractivity contribution in [3.63, 3.8) is 0 Å². The van der Waals surface area contributed by atoms with Crippen LogP contribution >= 0.6 is 0 Å². The number of hydrogen-bond acceptors (Lipinski definition) is 3. The van der Waals surface area contributed by atoms with E-state index < -0.39 is 17.2 Å². The molecule has 0 N–H and O–H groups in total. The molecule has 3 fully saturated rings. The summed E-state index contributed by atoms with van der Waals surface area (Å²) in [6.07, 6.45) is 2.03. The van der Waals surface area contributed by atoms with Crippen molar-refractivity contribution in [2.24, 2.45) is 0 Å². The number of para-hydroxylation sites is 1. The van der Waals surface area contributed by atoms with Gasteiger partial charge in [-0.1, -0.05) is 6.07 Å². The number of nitrogens with zero attached hydrogens (tertiary/aromatic N) is 3. The maximum absolute atomic E-state index is 14.0. The van der Waals surface area contributed by atoms with Crippen molar-refractivity contribution in [2.75, 3.05) is 24.5 Å². The highest BCUT2D eigenvalue weighted by atomic mass is 19.1. The summed E-state index contributed by atoms with van der Waals surface area (Å²) in [4.78, 5) is 30.0. The zero-order valence-electron chi connectivity index (χ0n) is 13.5. The summed E-state index contributed by atoms with van der Waals surface area (Å²) in [6.45, 7) is 3.08. The van der Waals surface area contributed by atoms with E-state index in [0.29, 0.717) is 25.9 Å². The van der Waals surface area contributed by atoms with Gasteiger partial charge >= 0.3 is 6.03 Å². The van der Waals surface area contributed by atoms with Crippen molar-refractivity contribution >= 4 is 17.6 Å². The summed E-state index contributed by atoms with van der Waals surface area (Å²) in [5.74, 6) is -1.42. The van der Waals surface area contributed by atoms with Gasteiger partial charge in [-0.15, -0.1) is 0 Å². The Kier molecular flexibility index (Phi) is 3.30. The topological polar surface area (TPSA) is 43.9 Å². The van der Waals surface area contributed by atoms with Crippen LogP contribution in [0.25, 0.3) is 0 Å². The molecule has 0 aliphatic carbocycles. The van der Waals surface area contributed by atoms with E-state index in [2.05, 4.69) is 0 Å². The number of anilines is 1. The second kappa shape index (κ2) is 5.16. The van der Waals surface area contributed by atoms with Gasteiger partial charge in [0.2, 0.25) is 0 Å². The minimum absolute atomic E-state index is 0.0780. The van der Waals surface area contributed by atoms with E-state index in [-0.39, 0.29) is 30.2 Å². The Bertz CT molecular complexity index is 706. The molecule has 0 aromatic heterocycles. The average molecular weight is 335 g/mol. The highest BCUT2D eigenvalue weighted by Gasteiger charge is 2.58. The van der Waals surface area contributed by atoms with Gasteiger partial charge in [-0.3, -0.25) is 9.69 Å². The van der Waals surface area contributed by atoms with E-state index >= 15 is 0 Å². The number of urea groups is 1. The van der Waals surface area contributed by atoms with Crippen LogP contribution in [-0.2, 0) is 4.79 Å². The molecule has 3 saturated heterocycles. The first-order chi connectivity index (χ1) is 11.4. The molecule has 0 bridgehead atoms. The Morgan fingerprint density at radius 2 is 1.88 bits per heavy atom. The fourth-order valence-corrected chi connectivity index (χ4v) is 4.24. The summed E-state index contributed by atoms with van der Waals surface area (Å²) in [5.41, 5.74) is -0.820. The van der Waals surface area contributed by atoms with Crippen molar-refractivity contribution < 1.29 is 18.4 Å². The molecular weight excluding hydrogens is 316 g/mol. The molecule has 3 aliphatic heterocycles. The number of hydrogen-bond donors (Lipinski definition) is 0. The molecule has 3 heterocycles. The van der Waals surface area contributed by atoms with E-state index in [9.17, 15) is 18.4 Å². The molecular formula is C17H19F2N3O2. The number of halogens is 2. The lowest BCUT2D eigenvalue weighted by molar-refractivity contribution is -0.133. The minimum atomic E-state index is -0.742. The molecule has 0 saturated carbocycles. The standard InChI is InChI=1S/C17H19F2N3O2/c1-17-7-3-8-21(17)16(24)22(15(17)23)11-6-9-20(10-11)14-12(18)4-2-5-13(14)19/h2,4-5,11H,3,6-10H2,1H3/t11-,17-/m0/s1. The molecule has 24 heavy (non-hydrogen) atoms. The van der Waals surface area contributed by atoms with Gasteiger partial charge in [-0.05, 0) is 38.3 Å². The molecule has 0 radical (unpaired) electrons. The molecule has 3 amide bonds. The first-order valence-corrected chi connectivity index (χ1v) is 8.28. The number of rotatable bonds is 2. The van der Waals surface area contributed by atoms with Crippen LogP contribution in [0.2, 0.25) is 0 Å². The summed E-state index contributed by atoms with van der Waals surface area (Å²) in [7, 11) is 0. The fraction of sp³-hybridized carbons (Fsp3) is 0.529. The summed E-state index contributed by atoms with van der Waals surface area (Å²) >= 11 is 0. The second-order valence-corrected chi connectivity index (χ2v) is 6.95. The van der Waals surface area contributed by atoms with Crippen molar-refractivity contribution in [3.8, 4) is 0 Å². The highest BCUT2D eigenvalue weighted by molar-refractivity contribution is 6.07. The maximum Gasteiger partial charge on any atom is 0.327 e. The van der Waals surface area contributed by atoms with Gasteiger partial charge in [0, 0.05) is 19.6 Å². The first kappa shape index (κ1) is 15.4. The molecule has 5 nitrogen and oxygen atoms in total. The van der Waals surface area contributed by atoms with Gasteiger partial charge in [0.1, 0.15) is 22.9 Å². The summed E-state index contributed by atoms with van der Waals surface area (Å²) in [5, 5.41) is 0. The normalized spacial score (nSPS) is 29.8. The lowest BCUT2D eigenvalue weighted by atomic mass is 9.99. The zero-order valence-corrected chi connectivity index (χ0v) is 13.5. The maximum atomic E-state index is 14.0. The Balaban J connectivity index is 1.58. The van der Waals surface area contributed by atoms with Crippen LogP contribution in [0.4, 0.5) is 19.3 Å². The first-order valence-electron chi connectivity index (χ1n) is 8.28. The number of carbonyl (C=O) groups is 2. The van der Waals surface area contributed by atoms with Crippen LogP contribution in [0.1, 0.15) is 26.2 Å². The molecule has 1 aromatic rings. The molecule has 128 valence electrons. The smallest absolute Gasteiger partial charge is 0.327 e. The van der Waals surface area contributed by atoms with Gasteiger partial charge in [-0.2, -0.15) is 0 Å². The van der Waals surface area contributed by atoms with Crippen LogP contribution < -0.4 is 4.90 Å². The molecule has 2 atom stereocenters. The second-order valence-electron chi connectivity index (χ2n) is 6.95. The monoisotopic (exact) mass is 335 g/mol. The van der Waals surface area contributed by atoms with E-state index in [1.165, 1.54) is 23.1 Å². The van der Waals surface area contributed by atoms with E-state index in [4.69, 9.17) is 0 Å². The lowest BCUT2D eigenvalue weighted by Crippen LogP contribution is -2.45. The number of carbonyl (C=O) groups excluding carboxylic acids is 2. The van der Waals surface area contributed by atoms with Crippen molar-refractivity contribution in [3.05, 3.63) is 29.8 Å². The van der Waals surface area contributed by atoms with Gasteiger partial charge in [-0.25, -0.2) is 13.6 Å². The Hall–Kier alpha value is -2.18. The van der Waals surface area contributed by atoms with Gasteiger partial charge in [0.05, 0.1) is 6.04 Å². The van der Waals surface area contributed by atoms with Crippen LogP contribution in [0, 0.1) is 11.6 Å². The molecule has 3 aliphatic rings. The van der Waals surface area contributed by atoms with Gasteiger partial charge in [0.25, 0.3) is 5.91 Å². The fourth-order valence-electron chi connectivity index (χ4n) is 4.24. The third-order valence-electron chi connectivity index (χ3n) is 5.54. The number of amides is 3. The van der Waals surface area contributed by atoms with Crippen LogP contribution in [0.3, 0.4) is 0 Å². The number of benzene rings is 1. The summed E-state index contributed by atoms with van der Waals surface area (Å²) < 4.78 is 27.9. The number of fused-ring (bicyclic) bond motifs is 1. The Morgan fingerprint density at radius 1 is 1.17 bits per heavy atom. The van der Waals surface area contributed by atoms with E-state index in [1.54, 1.807) is 9.80 Å². The molecule has 4 rings (SSSR count). The largest absolute Gasteiger partial charge is 0.365 e. The molecule has 1 aromatic carbocycles. The third-order valence-corrected chi connectivity index (χ3v) is 5.54. The minimum Gasteiger partial charge on any atom is -0.365 e. The highest BCUT2D eigenvalue weighted by Crippen LogP contribution is 2.40. The van der Waals surface area contributed by atoms with E-state index in [0.717, 1.165) is 6.42 Å². The summed E-state index contributed by atoms with van der Waals surface area (Å²) in [6, 6.07) is 3.15. The number of imide groups is 1. The zero-order chi connectivity index (χ0) is 17.1. The quantitative estimate of drug-likeness (QED) is 0.780. The van der Waals surface area contributed by atoms with Crippen molar-refractivity contribution in [2.45, 2.75) is 37.8 Å². The SMILES string of the molecule is C[C@@]12CCCN1C(=O)N([C@H]1CCN(c3c(F)cccc3F)C1)C2=O. The average Bonchev–Trinajstić information content (AvgIpc) is 3.18. The predicted molar refractivity (Wildman–Crippen MR) is 83.6 cm³/mol. The molecule has 0 spiro atoms. The Labute approximate surface area is 138 Å². The van der Waals surface area contributed by atoms with Crippen molar-refractivity contribution in [1.29, 1.82) is 0 Å². The van der Waals surface area contributed by atoms with Crippen LogP contribution in [-0.4, -0.2) is 53.0 Å². The van der Waals surface area contributed by atoms with Crippen LogP contribution in [0.15, 0.2) is 18.2 Å². The van der Waals surface area contributed by atoms with Gasteiger partial charge in [0.15, 0.2) is 0 Å². The van der Waals surface area contributed by atoms with Gasteiger partial charge < -0.3 is 9.80 Å². The lowest BCUT2D eigenvalue weighted by Gasteiger charge is -2.24. The molecule has 7 heteroatoms. The molecule has 0 unspecified atom stereocenters. The van der Waals surface area contributed by atoms with E-state index in [1.807, 2.05) is 6.92 Å². The predicted octanol–water partition coefficient (Wildman–Crippen LogP) is 2.36. The Morgan fingerprint density at radius 3 is 2.54 bits per heavy atom. The van der Waals surface area contributed by atoms with Crippen molar-refractivity contribution in [1.82, 2.24) is 9.80 Å². The third kappa shape index (κ3) is 1.96.